The lowest BCUT2D eigenvalue weighted by Crippen LogP contribution is -2.45. The fraction of sp³-hybridized carbons (Fsp3) is 0.111. The fourth-order valence-corrected chi connectivity index (χ4v) is 3.17. The van der Waals surface area contributed by atoms with Gasteiger partial charge in [0.1, 0.15) is 11.6 Å². The minimum atomic E-state index is -0.566. The SMILES string of the molecule is CC1=C(C(=O)Nc2ccc(F)c(Cl)c2)C(c2cccc(O)c2)NC(=S)N1. The molecule has 1 unspecified atom stereocenters. The lowest BCUT2D eigenvalue weighted by Gasteiger charge is -2.30. The molecule has 0 saturated heterocycles. The third-order valence-electron chi connectivity index (χ3n) is 3.89. The van der Waals surface area contributed by atoms with Gasteiger partial charge in [-0.05, 0) is 55.0 Å². The Hall–Kier alpha value is -2.64. The van der Waals surface area contributed by atoms with Gasteiger partial charge in [0.25, 0.3) is 5.91 Å². The van der Waals surface area contributed by atoms with Gasteiger partial charge in [0.15, 0.2) is 5.11 Å². The number of hydrogen-bond acceptors (Lipinski definition) is 3. The second-order valence-electron chi connectivity index (χ2n) is 5.75. The molecule has 0 aliphatic carbocycles. The van der Waals surface area contributed by atoms with E-state index in [9.17, 15) is 14.3 Å². The molecule has 2 aromatic rings. The fourth-order valence-electron chi connectivity index (χ4n) is 2.72. The summed E-state index contributed by atoms with van der Waals surface area (Å²) >= 11 is 10.9. The van der Waals surface area contributed by atoms with Gasteiger partial charge < -0.3 is 21.1 Å². The summed E-state index contributed by atoms with van der Waals surface area (Å²) in [5.41, 5.74) is 2.01. The Morgan fingerprint density at radius 1 is 1.31 bits per heavy atom. The third-order valence-corrected chi connectivity index (χ3v) is 4.40. The summed E-state index contributed by atoms with van der Waals surface area (Å²) in [7, 11) is 0. The zero-order chi connectivity index (χ0) is 18.8. The number of halogens is 2. The molecule has 4 N–H and O–H groups in total. The Kier molecular flexibility index (Phi) is 5.11. The van der Waals surface area contributed by atoms with Crippen molar-refractivity contribution in [2.24, 2.45) is 0 Å². The van der Waals surface area contributed by atoms with Crippen molar-refractivity contribution in [3.63, 3.8) is 0 Å². The van der Waals surface area contributed by atoms with Crippen molar-refractivity contribution in [3.05, 3.63) is 70.1 Å². The average molecular weight is 392 g/mol. The van der Waals surface area contributed by atoms with Crippen LogP contribution in [0, 0.1) is 5.82 Å². The number of phenolic OH excluding ortho intramolecular Hbond substituents is 1. The van der Waals surface area contributed by atoms with Crippen LogP contribution in [0.2, 0.25) is 5.02 Å². The maximum absolute atomic E-state index is 13.3. The molecule has 8 heteroatoms. The van der Waals surface area contributed by atoms with Crippen molar-refractivity contribution in [1.82, 2.24) is 10.6 Å². The van der Waals surface area contributed by atoms with E-state index in [0.717, 1.165) is 0 Å². The topological polar surface area (TPSA) is 73.4 Å². The molecule has 26 heavy (non-hydrogen) atoms. The van der Waals surface area contributed by atoms with E-state index in [0.29, 0.717) is 27.6 Å². The summed E-state index contributed by atoms with van der Waals surface area (Å²) < 4.78 is 13.3. The molecule has 134 valence electrons. The van der Waals surface area contributed by atoms with E-state index in [1.165, 1.54) is 18.2 Å². The molecule has 1 aliphatic heterocycles. The van der Waals surface area contributed by atoms with Crippen molar-refractivity contribution >= 4 is 40.5 Å². The molecule has 0 radical (unpaired) electrons. The smallest absolute Gasteiger partial charge is 0.255 e. The Morgan fingerprint density at radius 3 is 2.77 bits per heavy atom. The summed E-state index contributed by atoms with van der Waals surface area (Å²) in [6, 6.07) is 9.95. The summed E-state index contributed by atoms with van der Waals surface area (Å²) in [5.74, 6) is -0.887. The number of phenols is 1. The van der Waals surface area contributed by atoms with E-state index in [-0.39, 0.29) is 10.8 Å². The number of carbonyl (C=O) groups excluding carboxylic acids is 1. The van der Waals surface area contributed by atoms with E-state index < -0.39 is 17.8 Å². The van der Waals surface area contributed by atoms with Gasteiger partial charge in [-0.1, -0.05) is 23.7 Å². The minimum Gasteiger partial charge on any atom is -0.508 e. The van der Waals surface area contributed by atoms with E-state index >= 15 is 0 Å². The number of anilines is 1. The lowest BCUT2D eigenvalue weighted by molar-refractivity contribution is -0.113. The maximum Gasteiger partial charge on any atom is 0.255 e. The number of hydrogen-bond donors (Lipinski definition) is 4. The van der Waals surface area contributed by atoms with Crippen LogP contribution in [0.4, 0.5) is 10.1 Å². The molecule has 0 bridgehead atoms. The van der Waals surface area contributed by atoms with Crippen LogP contribution in [0.5, 0.6) is 5.75 Å². The van der Waals surface area contributed by atoms with E-state index in [1.807, 2.05) is 0 Å². The number of amides is 1. The van der Waals surface area contributed by atoms with Gasteiger partial charge in [0, 0.05) is 11.4 Å². The number of thiocarbonyl (C=S) groups is 1. The monoisotopic (exact) mass is 391 g/mol. The molecule has 1 atom stereocenters. The van der Waals surface area contributed by atoms with Gasteiger partial charge in [-0.15, -0.1) is 0 Å². The second kappa shape index (κ2) is 7.31. The molecule has 0 aromatic heterocycles. The summed E-state index contributed by atoms with van der Waals surface area (Å²) in [4.78, 5) is 12.9. The van der Waals surface area contributed by atoms with E-state index in [4.69, 9.17) is 23.8 Å². The highest BCUT2D eigenvalue weighted by Crippen LogP contribution is 2.30. The highest BCUT2D eigenvalue weighted by molar-refractivity contribution is 7.80. The van der Waals surface area contributed by atoms with Crippen molar-refractivity contribution < 1.29 is 14.3 Å². The highest BCUT2D eigenvalue weighted by atomic mass is 35.5. The quantitative estimate of drug-likeness (QED) is 0.601. The van der Waals surface area contributed by atoms with Gasteiger partial charge in [0.05, 0.1) is 16.6 Å². The van der Waals surface area contributed by atoms with Crippen molar-refractivity contribution in [3.8, 4) is 5.75 Å². The van der Waals surface area contributed by atoms with Crippen LogP contribution < -0.4 is 16.0 Å². The Bertz CT molecular complexity index is 932. The molecule has 5 nitrogen and oxygen atoms in total. The van der Waals surface area contributed by atoms with Gasteiger partial charge in [0.2, 0.25) is 0 Å². The molecule has 0 fully saturated rings. The first-order valence-electron chi connectivity index (χ1n) is 7.69. The van der Waals surface area contributed by atoms with Gasteiger partial charge in [-0.2, -0.15) is 0 Å². The molecule has 1 aliphatic rings. The lowest BCUT2D eigenvalue weighted by atomic mass is 9.94. The predicted octanol–water partition coefficient (Wildman–Crippen LogP) is 3.62. The molecular formula is C18H15ClFN3O2S. The Labute approximate surface area is 159 Å². The van der Waals surface area contributed by atoms with Crippen LogP contribution in [-0.2, 0) is 4.79 Å². The first-order valence-corrected chi connectivity index (χ1v) is 8.47. The molecule has 1 amide bonds. The van der Waals surface area contributed by atoms with Gasteiger partial charge in [-0.3, -0.25) is 4.79 Å². The Morgan fingerprint density at radius 2 is 2.08 bits per heavy atom. The van der Waals surface area contributed by atoms with Crippen LogP contribution in [0.1, 0.15) is 18.5 Å². The molecule has 1 heterocycles. The number of benzene rings is 2. The predicted molar refractivity (Wildman–Crippen MR) is 102 cm³/mol. The van der Waals surface area contributed by atoms with Crippen molar-refractivity contribution in [2.75, 3.05) is 5.32 Å². The summed E-state index contributed by atoms with van der Waals surface area (Å²) in [6.45, 7) is 1.73. The van der Waals surface area contributed by atoms with Gasteiger partial charge in [-0.25, -0.2) is 4.39 Å². The summed E-state index contributed by atoms with van der Waals surface area (Å²) in [5, 5.41) is 18.7. The standard InChI is InChI=1S/C18H15ClFN3O2S/c1-9-15(17(25)22-11-5-6-14(20)13(19)8-11)16(23-18(26)21-9)10-3-2-4-12(24)7-10/h2-8,16,24H,1H3,(H,22,25)(H2,21,23,26). The Balaban J connectivity index is 1.95. The first-order chi connectivity index (χ1) is 12.3. The van der Waals surface area contributed by atoms with E-state index in [2.05, 4.69) is 16.0 Å². The van der Waals surface area contributed by atoms with Crippen LogP contribution in [-0.4, -0.2) is 16.1 Å². The minimum absolute atomic E-state index is 0.0801. The molecule has 0 saturated carbocycles. The summed E-state index contributed by atoms with van der Waals surface area (Å²) in [6.07, 6.45) is 0. The number of carbonyl (C=O) groups is 1. The number of rotatable bonds is 3. The molecular weight excluding hydrogens is 377 g/mol. The number of allylic oxidation sites excluding steroid dienone is 1. The van der Waals surface area contributed by atoms with Crippen LogP contribution >= 0.6 is 23.8 Å². The molecule has 0 spiro atoms. The molecule has 3 rings (SSSR count). The average Bonchev–Trinajstić information content (AvgIpc) is 2.57. The van der Waals surface area contributed by atoms with E-state index in [1.54, 1.807) is 31.2 Å². The van der Waals surface area contributed by atoms with Crippen LogP contribution in [0.3, 0.4) is 0 Å². The zero-order valence-electron chi connectivity index (χ0n) is 13.6. The largest absolute Gasteiger partial charge is 0.508 e. The molecule has 2 aromatic carbocycles. The maximum atomic E-state index is 13.3. The third kappa shape index (κ3) is 3.79. The van der Waals surface area contributed by atoms with Gasteiger partial charge >= 0.3 is 0 Å². The van der Waals surface area contributed by atoms with Crippen molar-refractivity contribution in [2.45, 2.75) is 13.0 Å². The normalized spacial score (nSPS) is 16.7. The van der Waals surface area contributed by atoms with Crippen LogP contribution in [0.25, 0.3) is 0 Å². The van der Waals surface area contributed by atoms with Crippen LogP contribution in [0.15, 0.2) is 53.7 Å². The number of aromatic hydroxyl groups is 1. The van der Waals surface area contributed by atoms with Crippen molar-refractivity contribution in [1.29, 1.82) is 0 Å². The highest BCUT2D eigenvalue weighted by Gasteiger charge is 2.30. The first kappa shape index (κ1) is 18.2. The zero-order valence-corrected chi connectivity index (χ0v) is 15.2. The number of nitrogens with one attached hydrogen (secondary N) is 3. The second-order valence-corrected chi connectivity index (χ2v) is 6.56.